The molecule has 0 N–H and O–H groups in total. The molecule has 3 rings (SSSR count). The second-order valence-electron chi connectivity index (χ2n) is 6.07. The number of carbonyl (C=O) groups excluding carboxylic acids is 1. The molecule has 0 aromatic carbocycles. The summed E-state index contributed by atoms with van der Waals surface area (Å²) >= 11 is 0. The molecule has 4 nitrogen and oxygen atoms in total. The van der Waals surface area contributed by atoms with Crippen molar-refractivity contribution in [1.29, 1.82) is 0 Å². The van der Waals surface area contributed by atoms with Crippen LogP contribution >= 0.6 is 0 Å². The molecule has 0 aromatic heterocycles. The molecule has 0 bridgehead atoms. The van der Waals surface area contributed by atoms with Gasteiger partial charge in [-0.3, -0.25) is 4.79 Å². The van der Waals surface area contributed by atoms with E-state index in [0.29, 0.717) is 19.4 Å². The van der Waals surface area contributed by atoms with Crippen LogP contribution < -0.4 is 0 Å². The fraction of sp³-hybridized carbons (Fsp3) is 0.929. The smallest absolute Gasteiger partial charge is 0.407 e. The lowest BCUT2D eigenvalue weighted by Gasteiger charge is -2.59. The van der Waals surface area contributed by atoms with Crippen LogP contribution in [0.1, 0.15) is 45.4 Å². The summed E-state index contributed by atoms with van der Waals surface area (Å²) in [7, 11) is 0. The highest BCUT2D eigenvalue weighted by Gasteiger charge is 2.79. The van der Waals surface area contributed by atoms with Gasteiger partial charge in [0.2, 0.25) is 5.79 Å². The Bertz CT molecular complexity index is 430. The summed E-state index contributed by atoms with van der Waals surface area (Å²) in [4.78, 5) is 12.2. The second-order valence-corrected chi connectivity index (χ2v) is 6.07. The van der Waals surface area contributed by atoms with E-state index in [2.05, 4.69) is 0 Å². The van der Waals surface area contributed by atoms with Crippen LogP contribution in [0, 0.1) is 5.41 Å². The molecule has 3 aliphatic rings. The zero-order chi connectivity index (χ0) is 15.3. The molecule has 1 heterocycles. The summed E-state index contributed by atoms with van der Waals surface area (Å²) in [6.07, 6.45) is -3.59. The maximum Gasteiger partial charge on any atom is 0.407 e. The Balaban J connectivity index is 1.89. The standard InChI is InChI=1S/C14H19F3O4/c1-2-19-9-8-13(14(15,16)17)10(9)20-12(21-11(13)18)6-4-3-5-7-12/h9-10H,2-8H2,1H3/t9-,10+,13+/m1/s1. The first-order chi connectivity index (χ1) is 9.85. The lowest BCUT2D eigenvalue weighted by atomic mass is 9.62. The molecular weight excluding hydrogens is 289 g/mol. The predicted octanol–water partition coefficient (Wildman–Crippen LogP) is 2.95. The zero-order valence-corrected chi connectivity index (χ0v) is 11.9. The highest BCUT2D eigenvalue weighted by atomic mass is 19.4. The Morgan fingerprint density at radius 1 is 1.29 bits per heavy atom. The maximum atomic E-state index is 13.4. The van der Waals surface area contributed by atoms with Gasteiger partial charge in [-0.15, -0.1) is 0 Å². The van der Waals surface area contributed by atoms with Crippen molar-refractivity contribution in [3.05, 3.63) is 0 Å². The summed E-state index contributed by atoms with van der Waals surface area (Å²) in [5, 5.41) is 0. The number of hydrogen-bond donors (Lipinski definition) is 0. The second kappa shape index (κ2) is 4.84. The van der Waals surface area contributed by atoms with Crippen molar-refractivity contribution in [2.75, 3.05) is 6.61 Å². The predicted molar refractivity (Wildman–Crippen MR) is 65.3 cm³/mol. The van der Waals surface area contributed by atoms with Gasteiger partial charge in [0.15, 0.2) is 5.41 Å². The van der Waals surface area contributed by atoms with E-state index in [1.54, 1.807) is 6.92 Å². The van der Waals surface area contributed by atoms with Crippen molar-refractivity contribution in [1.82, 2.24) is 0 Å². The van der Waals surface area contributed by atoms with Crippen LogP contribution in [-0.2, 0) is 19.0 Å². The number of halogens is 3. The van der Waals surface area contributed by atoms with Crippen molar-refractivity contribution in [2.45, 2.75) is 69.6 Å². The third-order valence-electron chi connectivity index (χ3n) is 4.83. The van der Waals surface area contributed by atoms with E-state index in [-0.39, 0.29) is 0 Å². The highest BCUT2D eigenvalue weighted by Crippen LogP contribution is 2.60. The van der Waals surface area contributed by atoms with Gasteiger partial charge in [0, 0.05) is 25.9 Å². The molecule has 0 aromatic rings. The quantitative estimate of drug-likeness (QED) is 0.736. The average Bonchev–Trinajstić information content (AvgIpc) is 2.39. The lowest BCUT2D eigenvalue weighted by molar-refractivity contribution is -0.405. The van der Waals surface area contributed by atoms with E-state index < -0.39 is 42.0 Å². The molecule has 2 aliphatic carbocycles. The highest BCUT2D eigenvalue weighted by molar-refractivity contribution is 5.81. The molecule has 1 aliphatic heterocycles. The SMILES string of the molecule is CCO[C@@H]1C[C@@]2(C(F)(F)F)C(=O)OC3(CCCCC3)O[C@@H]12. The van der Waals surface area contributed by atoms with Gasteiger partial charge in [-0.2, -0.15) is 13.2 Å². The summed E-state index contributed by atoms with van der Waals surface area (Å²) < 4.78 is 56.4. The van der Waals surface area contributed by atoms with Crippen molar-refractivity contribution in [2.24, 2.45) is 5.41 Å². The maximum absolute atomic E-state index is 13.4. The van der Waals surface area contributed by atoms with Gasteiger partial charge in [-0.1, -0.05) is 6.42 Å². The number of esters is 1. The molecule has 21 heavy (non-hydrogen) atoms. The van der Waals surface area contributed by atoms with E-state index >= 15 is 0 Å². The van der Waals surface area contributed by atoms with Gasteiger partial charge >= 0.3 is 12.1 Å². The van der Waals surface area contributed by atoms with Crippen molar-refractivity contribution in [3.63, 3.8) is 0 Å². The lowest BCUT2D eigenvalue weighted by Crippen LogP contribution is -2.74. The molecule has 3 atom stereocenters. The van der Waals surface area contributed by atoms with Gasteiger partial charge in [0.1, 0.15) is 6.10 Å². The van der Waals surface area contributed by atoms with Crippen LogP contribution in [-0.4, -0.2) is 36.7 Å². The molecule has 0 radical (unpaired) electrons. The number of rotatable bonds is 2. The summed E-state index contributed by atoms with van der Waals surface area (Å²) in [6, 6.07) is 0. The van der Waals surface area contributed by atoms with Crippen molar-refractivity contribution >= 4 is 5.97 Å². The Morgan fingerprint density at radius 3 is 2.52 bits per heavy atom. The van der Waals surface area contributed by atoms with Crippen LogP contribution in [0.3, 0.4) is 0 Å². The van der Waals surface area contributed by atoms with Crippen molar-refractivity contribution in [3.8, 4) is 0 Å². The molecule has 0 amide bonds. The molecule has 7 heteroatoms. The fourth-order valence-electron chi connectivity index (χ4n) is 3.65. The van der Waals surface area contributed by atoms with Gasteiger partial charge in [-0.25, -0.2) is 0 Å². The summed E-state index contributed by atoms with van der Waals surface area (Å²) in [5.41, 5.74) is -2.55. The minimum absolute atomic E-state index is 0.292. The Labute approximate surface area is 120 Å². The molecule has 1 saturated heterocycles. The minimum atomic E-state index is -4.68. The third-order valence-corrected chi connectivity index (χ3v) is 4.83. The van der Waals surface area contributed by atoms with Crippen LogP contribution in [0.15, 0.2) is 0 Å². The Hall–Kier alpha value is -0.820. The number of fused-ring (bicyclic) bond motifs is 1. The minimum Gasteiger partial charge on any atom is -0.432 e. The molecule has 2 saturated carbocycles. The normalized spacial score (nSPS) is 38.6. The third kappa shape index (κ3) is 2.08. The van der Waals surface area contributed by atoms with Gasteiger partial charge in [0.05, 0.1) is 6.10 Å². The van der Waals surface area contributed by atoms with Gasteiger partial charge in [-0.05, 0) is 19.8 Å². The average molecular weight is 308 g/mol. The number of carbonyl (C=O) groups is 1. The fourth-order valence-corrected chi connectivity index (χ4v) is 3.65. The van der Waals surface area contributed by atoms with E-state index in [9.17, 15) is 18.0 Å². The van der Waals surface area contributed by atoms with E-state index in [1.165, 1.54) is 0 Å². The topological polar surface area (TPSA) is 44.8 Å². The Morgan fingerprint density at radius 2 is 1.95 bits per heavy atom. The molecule has 120 valence electrons. The summed E-state index contributed by atoms with van der Waals surface area (Å²) in [5.74, 6) is -2.37. The van der Waals surface area contributed by atoms with Crippen LogP contribution in [0.25, 0.3) is 0 Å². The number of alkyl halides is 3. The van der Waals surface area contributed by atoms with Crippen LogP contribution in [0.4, 0.5) is 13.2 Å². The first-order valence-electron chi connectivity index (χ1n) is 7.44. The Kier molecular flexibility index (Phi) is 3.48. The molecular formula is C14H19F3O4. The molecule has 0 unspecified atom stereocenters. The molecule has 3 fully saturated rings. The first-order valence-corrected chi connectivity index (χ1v) is 7.44. The first kappa shape index (κ1) is 15.1. The van der Waals surface area contributed by atoms with E-state index in [4.69, 9.17) is 14.2 Å². The van der Waals surface area contributed by atoms with Crippen LogP contribution in [0.2, 0.25) is 0 Å². The number of hydrogen-bond acceptors (Lipinski definition) is 4. The van der Waals surface area contributed by atoms with Crippen LogP contribution in [0.5, 0.6) is 0 Å². The van der Waals surface area contributed by atoms with Gasteiger partial charge < -0.3 is 14.2 Å². The largest absolute Gasteiger partial charge is 0.432 e. The van der Waals surface area contributed by atoms with Crippen molar-refractivity contribution < 1.29 is 32.2 Å². The van der Waals surface area contributed by atoms with Gasteiger partial charge in [0.25, 0.3) is 0 Å². The summed E-state index contributed by atoms with van der Waals surface area (Å²) in [6.45, 7) is 2.01. The monoisotopic (exact) mass is 308 g/mol. The number of ether oxygens (including phenoxy) is 3. The van der Waals surface area contributed by atoms with E-state index in [1.807, 2.05) is 0 Å². The van der Waals surface area contributed by atoms with E-state index in [0.717, 1.165) is 19.3 Å². The molecule has 1 spiro atoms. The zero-order valence-electron chi connectivity index (χ0n) is 11.9.